The fourth-order valence-corrected chi connectivity index (χ4v) is 5.87. The van der Waals surface area contributed by atoms with Crippen LogP contribution < -0.4 is 0 Å². The monoisotopic (exact) mass is 678 g/mol. The molecule has 0 aromatic carbocycles. The van der Waals surface area contributed by atoms with Gasteiger partial charge in [0, 0.05) is 0 Å². The third-order valence-electron chi connectivity index (χ3n) is 8.62. The molecule has 0 aromatic heterocycles. The van der Waals surface area contributed by atoms with Gasteiger partial charge in [0.1, 0.15) is 91.6 Å². The van der Waals surface area contributed by atoms with Crippen LogP contribution in [0.1, 0.15) is 13.8 Å². The van der Waals surface area contributed by atoms with Crippen LogP contribution in [0.3, 0.4) is 0 Å². The molecule has 0 spiro atoms. The van der Waals surface area contributed by atoms with Gasteiger partial charge in [0.05, 0.1) is 25.9 Å². The lowest BCUT2D eigenvalue weighted by atomic mass is 9.88. The number of hydrogen-bond donors (Lipinski definition) is 13. The first-order chi connectivity index (χ1) is 21.7. The molecular weight excluding hydrogens is 632 g/mol. The summed E-state index contributed by atoms with van der Waals surface area (Å²) >= 11 is 0. The molecule has 20 heteroatoms. The van der Waals surface area contributed by atoms with Gasteiger partial charge in [-0.25, -0.2) is 0 Å². The molecule has 4 aliphatic rings. The Morgan fingerprint density at radius 1 is 0.435 bits per heavy atom. The van der Waals surface area contributed by atoms with E-state index in [4.69, 9.17) is 33.2 Å². The molecule has 4 saturated heterocycles. The van der Waals surface area contributed by atoms with E-state index >= 15 is 0 Å². The van der Waals surface area contributed by atoms with Crippen LogP contribution in [0.2, 0.25) is 0 Å². The summed E-state index contributed by atoms with van der Waals surface area (Å²) in [5.74, 6) is -0.403. The molecule has 0 bridgehead atoms. The highest BCUT2D eigenvalue weighted by Gasteiger charge is 2.55. The van der Waals surface area contributed by atoms with Crippen LogP contribution in [0.5, 0.6) is 0 Å². The smallest absolute Gasteiger partial charge is 0.189 e. The topological polar surface area (TPSA) is 328 Å². The van der Waals surface area contributed by atoms with Crippen molar-refractivity contribution in [2.45, 2.75) is 137 Å². The van der Waals surface area contributed by atoms with Gasteiger partial charge >= 0.3 is 0 Å². The van der Waals surface area contributed by atoms with Gasteiger partial charge in [-0.1, -0.05) is 13.8 Å². The summed E-state index contributed by atoms with van der Waals surface area (Å²) in [7, 11) is 0. The molecule has 270 valence electrons. The summed E-state index contributed by atoms with van der Waals surface area (Å²) in [6.45, 7) is 1.10. The van der Waals surface area contributed by atoms with Crippen LogP contribution >= 0.6 is 0 Å². The molecule has 0 radical (unpaired) electrons. The van der Waals surface area contributed by atoms with Gasteiger partial charge in [0.25, 0.3) is 0 Å². The maximum Gasteiger partial charge on any atom is 0.189 e. The predicted molar refractivity (Wildman–Crippen MR) is 142 cm³/mol. The Labute approximate surface area is 262 Å². The highest BCUT2D eigenvalue weighted by molar-refractivity contribution is 4.99. The molecule has 4 fully saturated rings. The van der Waals surface area contributed by atoms with E-state index in [1.165, 1.54) is 0 Å². The molecule has 0 aliphatic carbocycles. The third-order valence-corrected chi connectivity index (χ3v) is 8.62. The largest absolute Gasteiger partial charge is 0.394 e. The molecule has 0 aromatic rings. The molecule has 13 N–H and O–H groups in total. The van der Waals surface area contributed by atoms with Crippen LogP contribution in [0.4, 0.5) is 0 Å². The zero-order valence-corrected chi connectivity index (χ0v) is 24.9. The van der Waals surface area contributed by atoms with E-state index in [-0.39, 0.29) is 0 Å². The molecule has 0 unspecified atom stereocenters. The van der Waals surface area contributed by atoms with Gasteiger partial charge in [-0.2, -0.15) is 0 Å². The minimum Gasteiger partial charge on any atom is -0.394 e. The summed E-state index contributed by atoms with van der Waals surface area (Å²) < 4.78 is 38.7. The van der Waals surface area contributed by atoms with Gasteiger partial charge in [-0.05, 0) is 5.92 Å². The molecule has 0 amide bonds. The molecule has 46 heavy (non-hydrogen) atoms. The van der Waals surface area contributed by atoms with E-state index in [1.54, 1.807) is 13.8 Å². The Bertz CT molecular complexity index is 943. The van der Waals surface area contributed by atoms with Crippen molar-refractivity contribution >= 4 is 0 Å². The highest BCUT2D eigenvalue weighted by Crippen LogP contribution is 2.35. The lowest BCUT2D eigenvalue weighted by Crippen LogP contribution is -2.67. The Morgan fingerprint density at radius 3 is 1.30 bits per heavy atom. The number of hydrogen-bond acceptors (Lipinski definition) is 20. The Balaban J connectivity index is 1.48. The summed E-state index contributed by atoms with van der Waals surface area (Å²) in [6, 6.07) is 0. The van der Waals surface area contributed by atoms with Gasteiger partial charge in [0.15, 0.2) is 25.2 Å². The maximum absolute atomic E-state index is 11.4. The van der Waals surface area contributed by atoms with Crippen molar-refractivity contribution in [1.29, 1.82) is 0 Å². The lowest BCUT2D eigenvalue weighted by molar-refractivity contribution is -0.400. The van der Waals surface area contributed by atoms with Crippen LogP contribution in [-0.2, 0) is 33.2 Å². The van der Waals surface area contributed by atoms with Crippen LogP contribution in [0.15, 0.2) is 0 Å². The Morgan fingerprint density at radius 2 is 0.848 bits per heavy atom. The van der Waals surface area contributed by atoms with E-state index in [9.17, 15) is 66.4 Å². The van der Waals surface area contributed by atoms with E-state index in [0.29, 0.717) is 0 Å². The van der Waals surface area contributed by atoms with Crippen LogP contribution in [-0.4, -0.2) is 209 Å². The van der Waals surface area contributed by atoms with Gasteiger partial charge in [-0.15, -0.1) is 0 Å². The summed E-state index contributed by atoms with van der Waals surface area (Å²) in [6.07, 6.45) is -34.0. The van der Waals surface area contributed by atoms with E-state index in [2.05, 4.69) is 0 Å². The second-order valence-electron chi connectivity index (χ2n) is 12.1. The first-order valence-electron chi connectivity index (χ1n) is 14.9. The molecule has 20 atom stereocenters. The average Bonchev–Trinajstić information content (AvgIpc) is 3.03. The van der Waals surface area contributed by atoms with E-state index in [1.807, 2.05) is 0 Å². The van der Waals surface area contributed by atoms with Gasteiger partial charge in [-0.3, -0.25) is 0 Å². The quantitative estimate of drug-likeness (QED) is 0.102. The third kappa shape index (κ3) is 7.51. The Kier molecular flexibility index (Phi) is 13.1. The lowest BCUT2D eigenvalue weighted by Gasteiger charge is -2.50. The molecule has 4 rings (SSSR count). The minimum atomic E-state index is -2.10. The van der Waals surface area contributed by atoms with Crippen LogP contribution in [0, 0.1) is 5.92 Å². The fraction of sp³-hybridized carbons (Fsp3) is 1.00. The first-order valence-corrected chi connectivity index (χ1v) is 14.9. The van der Waals surface area contributed by atoms with Crippen molar-refractivity contribution in [2.75, 3.05) is 19.8 Å². The van der Waals surface area contributed by atoms with Gasteiger partial charge < -0.3 is 99.5 Å². The molecule has 4 heterocycles. The SMILES string of the molecule is CC(C)[C@@H]1O[C@H](CO)[C@@H](O[C@@H]2O[C@H](O)[C@@H](O[C@@H]3O[C@H](CO)[C@@H](O)[C@H](O)[C@H]3O)[C@H](O)[C@H]2O)[C@H](O)[C@H]1O[C@@H]1O[C@H](CO)[C@@H](O)[C@H](O)[C@H]1O. The van der Waals surface area contributed by atoms with Crippen molar-refractivity contribution < 1.29 is 99.5 Å². The van der Waals surface area contributed by atoms with E-state index in [0.717, 1.165) is 0 Å². The second kappa shape index (κ2) is 15.8. The van der Waals surface area contributed by atoms with Gasteiger partial charge in [0.2, 0.25) is 0 Å². The zero-order valence-electron chi connectivity index (χ0n) is 24.9. The van der Waals surface area contributed by atoms with Crippen molar-refractivity contribution in [1.82, 2.24) is 0 Å². The highest BCUT2D eigenvalue weighted by atomic mass is 16.8. The standard InChI is InChI=1S/C26H46O20/c1-6(2)19-21(44-24-15(35)12(32)10(30)7(3-27)41-24)18(38)20(9(5-29)40-19)43-26-17(37)14(34)22(23(39)46-26)45-25-16(36)13(33)11(31)8(4-28)42-25/h6-39H,3-5H2,1-2H3/t7-,8-,9-,10-,11-,12+,13+,14-,15-,16-,17-,18+,19+,20-,21-,22+,23+,24+,25+,26-/m1/s1. The normalized spacial score (nSPS) is 52.2. The molecular formula is C26H46O20. The summed E-state index contributed by atoms with van der Waals surface area (Å²) in [5, 5.41) is 134. The average molecular weight is 679 g/mol. The van der Waals surface area contributed by atoms with Crippen molar-refractivity contribution in [3.63, 3.8) is 0 Å². The Hall–Kier alpha value is -0.800. The number of aliphatic hydroxyl groups excluding tert-OH is 13. The van der Waals surface area contributed by atoms with Crippen molar-refractivity contribution in [3.8, 4) is 0 Å². The minimum absolute atomic E-state index is 0.403. The second-order valence-corrected chi connectivity index (χ2v) is 12.1. The number of rotatable bonds is 10. The number of ether oxygens (including phenoxy) is 7. The van der Waals surface area contributed by atoms with E-state index < -0.39 is 149 Å². The molecule has 4 aliphatic heterocycles. The zero-order chi connectivity index (χ0) is 34.2. The van der Waals surface area contributed by atoms with Crippen molar-refractivity contribution in [2.24, 2.45) is 5.92 Å². The maximum atomic E-state index is 11.4. The summed E-state index contributed by atoms with van der Waals surface area (Å²) in [4.78, 5) is 0. The summed E-state index contributed by atoms with van der Waals surface area (Å²) in [5.41, 5.74) is 0. The van der Waals surface area contributed by atoms with Crippen LogP contribution in [0.25, 0.3) is 0 Å². The predicted octanol–water partition coefficient (Wildman–Crippen LogP) is -8.09. The fourth-order valence-electron chi connectivity index (χ4n) is 5.87. The number of aliphatic hydroxyl groups is 13. The first kappa shape index (κ1) is 38.0. The molecule has 20 nitrogen and oxygen atoms in total. The van der Waals surface area contributed by atoms with Crippen molar-refractivity contribution in [3.05, 3.63) is 0 Å². The molecule has 0 saturated carbocycles.